The fraction of sp³-hybridized carbons (Fsp3) is 0.438. The Hall–Kier alpha value is -1.65. The number of benzene rings is 1. The van der Waals surface area contributed by atoms with Gasteiger partial charge in [0.15, 0.2) is 0 Å². The zero-order valence-electron chi connectivity index (χ0n) is 12.0. The van der Waals surface area contributed by atoms with Gasteiger partial charge in [-0.2, -0.15) is 0 Å². The molecule has 20 heavy (non-hydrogen) atoms. The van der Waals surface area contributed by atoms with Crippen molar-refractivity contribution in [3.63, 3.8) is 0 Å². The summed E-state index contributed by atoms with van der Waals surface area (Å²) in [7, 11) is 0. The van der Waals surface area contributed by atoms with E-state index in [0.717, 1.165) is 23.3 Å². The van der Waals surface area contributed by atoms with Crippen LogP contribution >= 0.6 is 0 Å². The predicted molar refractivity (Wildman–Crippen MR) is 78.8 cm³/mol. The van der Waals surface area contributed by atoms with Gasteiger partial charge in [-0.3, -0.25) is 4.98 Å². The second-order valence-corrected chi connectivity index (χ2v) is 5.10. The van der Waals surface area contributed by atoms with E-state index in [2.05, 4.69) is 18.8 Å². The lowest BCUT2D eigenvalue weighted by atomic mass is 10.2. The molecule has 0 aliphatic heterocycles. The van der Waals surface area contributed by atoms with E-state index in [9.17, 15) is 5.11 Å². The first-order valence-electron chi connectivity index (χ1n) is 6.90. The van der Waals surface area contributed by atoms with Gasteiger partial charge in [0.1, 0.15) is 12.4 Å². The molecule has 2 rings (SSSR count). The fourth-order valence-electron chi connectivity index (χ4n) is 1.93. The summed E-state index contributed by atoms with van der Waals surface area (Å²) in [6.07, 6.45) is 0. The van der Waals surface area contributed by atoms with Gasteiger partial charge in [-0.1, -0.05) is 26.0 Å². The van der Waals surface area contributed by atoms with Crippen molar-refractivity contribution in [1.29, 1.82) is 0 Å². The van der Waals surface area contributed by atoms with E-state index in [1.807, 2.05) is 24.3 Å². The van der Waals surface area contributed by atoms with Gasteiger partial charge in [-0.15, -0.1) is 0 Å². The van der Waals surface area contributed by atoms with Crippen LogP contribution in [0.25, 0.3) is 10.9 Å². The van der Waals surface area contributed by atoms with E-state index in [1.54, 1.807) is 6.07 Å². The summed E-state index contributed by atoms with van der Waals surface area (Å²) in [5.74, 6) is 1.27. The minimum absolute atomic E-state index is 0.0922. The van der Waals surface area contributed by atoms with Gasteiger partial charge in [0.05, 0.1) is 24.4 Å². The number of ether oxygens (including phenoxy) is 2. The Morgan fingerprint density at radius 1 is 1.20 bits per heavy atom. The molecule has 1 N–H and O–H groups in total. The molecule has 2 aromatic rings. The Bertz CT molecular complexity index is 554. The summed E-state index contributed by atoms with van der Waals surface area (Å²) < 4.78 is 11.3. The van der Waals surface area contributed by atoms with Crippen LogP contribution in [0, 0.1) is 5.92 Å². The summed E-state index contributed by atoms with van der Waals surface area (Å²) in [4.78, 5) is 4.36. The first kappa shape index (κ1) is 14.8. The molecule has 0 atom stereocenters. The number of hydrogen-bond acceptors (Lipinski definition) is 4. The van der Waals surface area contributed by atoms with E-state index in [1.165, 1.54) is 0 Å². The van der Waals surface area contributed by atoms with Gasteiger partial charge < -0.3 is 14.6 Å². The topological polar surface area (TPSA) is 51.6 Å². The second-order valence-electron chi connectivity index (χ2n) is 5.10. The Labute approximate surface area is 119 Å². The molecule has 1 heterocycles. The quantitative estimate of drug-likeness (QED) is 0.789. The zero-order chi connectivity index (χ0) is 14.4. The molecule has 1 aromatic carbocycles. The number of para-hydroxylation sites is 1. The van der Waals surface area contributed by atoms with Crippen LogP contribution < -0.4 is 4.74 Å². The summed E-state index contributed by atoms with van der Waals surface area (Å²) in [5, 5.41) is 10.2. The number of hydrogen-bond donors (Lipinski definition) is 1. The lowest BCUT2D eigenvalue weighted by molar-refractivity contribution is 0.0822. The maximum Gasteiger partial charge on any atom is 0.130 e. The number of aliphatic hydroxyl groups is 1. The first-order valence-corrected chi connectivity index (χ1v) is 6.90. The largest absolute Gasteiger partial charge is 0.490 e. The maximum absolute atomic E-state index is 9.25. The molecule has 0 amide bonds. The lowest BCUT2D eigenvalue weighted by Crippen LogP contribution is -2.10. The van der Waals surface area contributed by atoms with Gasteiger partial charge in [-0.05, 0) is 18.1 Å². The van der Waals surface area contributed by atoms with Crippen LogP contribution in [0.2, 0.25) is 0 Å². The van der Waals surface area contributed by atoms with Crippen molar-refractivity contribution >= 4 is 10.9 Å². The molecule has 0 bridgehead atoms. The molecular weight excluding hydrogens is 254 g/mol. The van der Waals surface area contributed by atoms with Gasteiger partial charge in [0.25, 0.3) is 0 Å². The van der Waals surface area contributed by atoms with Crippen molar-refractivity contribution < 1.29 is 14.6 Å². The van der Waals surface area contributed by atoms with Crippen molar-refractivity contribution in [2.45, 2.75) is 20.5 Å². The van der Waals surface area contributed by atoms with Crippen LogP contribution in [-0.2, 0) is 11.3 Å². The predicted octanol–water partition coefficient (Wildman–Crippen LogP) is 2.78. The van der Waals surface area contributed by atoms with Crippen molar-refractivity contribution in [1.82, 2.24) is 4.98 Å². The van der Waals surface area contributed by atoms with E-state index < -0.39 is 0 Å². The first-order chi connectivity index (χ1) is 9.70. The van der Waals surface area contributed by atoms with Gasteiger partial charge in [0.2, 0.25) is 0 Å². The molecule has 4 nitrogen and oxygen atoms in total. The van der Waals surface area contributed by atoms with Crippen molar-refractivity contribution in [2.75, 3.05) is 19.8 Å². The second kappa shape index (κ2) is 7.22. The third-order valence-electron chi connectivity index (χ3n) is 2.83. The van der Waals surface area contributed by atoms with Crippen LogP contribution in [0.3, 0.4) is 0 Å². The number of fused-ring (bicyclic) bond motifs is 1. The van der Waals surface area contributed by atoms with E-state index in [4.69, 9.17) is 9.47 Å². The normalized spacial score (nSPS) is 11.2. The summed E-state index contributed by atoms with van der Waals surface area (Å²) in [6.45, 7) is 5.93. The summed E-state index contributed by atoms with van der Waals surface area (Å²) >= 11 is 0. The monoisotopic (exact) mass is 275 g/mol. The Kier molecular flexibility index (Phi) is 5.32. The molecular formula is C16H21NO3. The molecule has 0 spiro atoms. The van der Waals surface area contributed by atoms with E-state index in [0.29, 0.717) is 24.8 Å². The minimum Gasteiger partial charge on any atom is -0.490 e. The molecule has 0 saturated carbocycles. The smallest absolute Gasteiger partial charge is 0.130 e. The van der Waals surface area contributed by atoms with Crippen LogP contribution in [0.5, 0.6) is 5.75 Å². The molecule has 0 fully saturated rings. The Morgan fingerprint density at radius 3 is 2.75 bits per heavy atom. The average Bonchev–Trinajstić information content (AvgIpc) is 2.46. The number of pyridine rings is 1. The van der Waals surface area contributed by atoms with Crippen LogP contribution in [-0.4, -0.2) is 29.9 Å². The Morgan fingerprint density at radius 2 is 2.00 bits per heavy atom. The van der Waals surface area contributed by atoms with Crippen molar-refractivity contribution in [2.24, 2.45) is 5.92 Å². The lowest BCUT2D eigenvalue weighted by Gasteiger charge is -2.11. The van der Waals surface area contributed by atoms with E-state index >= 15 is 0 Å². The van der Waals surface area contributed by atoms with Crippen molar-refractivity contribution in [3.05, 3.63) is 36.0 Å². The number of aliphatic hydroxyl groups excluding tert-OH is 1. The zero-order valence-corrected chi connectivity index (χ0v) is 12.0. The minimum atomic E-state index is -0.0922. The summed E-state index contributed by atoms with van der Waals surface area (Å²) in [6, 6.07) is 9.53. The molecule has 4 heteroatoms. The molecule has 0 unspecified atom stereocenters. The number of nitrogens with zero attached hydrogens (tertiary/aromatic N) is 1. The molecule has 0 saturated heterocycles. The Balaban J connectivity index is 2.04. The molecule has 0 aliphatic carbocycles. The van der Waals surface area contributed by atoms with Gasteiger partial charge >= 0.3 is 0 Å². The maximum atomic E-state index is 9.25. The standard InChI is InChI=1S/C16H21NO3/c1-12(2)11-19-7-8-20-16-9-13(10-18)17-15-6-4-3-5-14(15)16/h3-6,9,12,18H,7-8,10-11H2,1-2H3. The highest BCUT2D eigenvalue weighted by molar-refractivity contribution is 5.85. The molecule has 108 valence electrons. The van der Waals surface area contributed by atoms with Crippen molar-refractivity contribution in [3.8, 4) is 5.75 Å². The molecule has 0 aliphatic rings. The highest BCUT2D eigenvalue weighted by atomic mass is 16.5. The van der Waals surface area contributed by atoms with Gasteiger partial charge in [-0.25, -0.2) is 0 Å². The van der Waals surface area contributed by atoms with Crippen LogP contribution in [0.15, 0.2) is 30.3 Å². The molecule has 0 radical (unpaired) electrons. The number of rotatable bonds is 7. The third-order valence-corrected chi connectivity index (χ3v) is 2.83. The van der Waals surface area contributed by atoms with E-state index in [-0.39, 0.29) is 6.61 Å². The van der Waals surface area contributed by atoms with Gasteiger partial charge in [0, 0.05) is 18.1 Å². The molecule has 1 aromatic heterocycles. The number of aromatic nitrogens is 1. The SMILES string of the molecule is CC(C)COCCOc1cc(CO)nc2ccccc12. The average molecular weight is 275 g/mol. The third kappa shape index (κ3) is 3.92. The summed E-state index contributed by atoms with van der Waals surface area (Å²) in [5.41, 5.74) is 1.44. The highest BCUT2D eigenvalue weighted by Gasteiger charge is 2.06. The van der Waals surface area contributed by atoms with Crippen LogP contribution in [0.4, 0.5) is 0 Å². The van der Waals surface area contributed by atoms with Crippen LogP contribution in [0.1, 0.15) is 19.5 Å². The fourth-order valence-corrected chi connectivity index (χ4v) is 1.93. The highest BCUT2D eigenvalue weighted by Crippen LogP contribution is 2.25.